The summed E-state index contributed by atoms with van der Waals surface area (Å²) in [5, 5.41) is 13.8. The first-order valence-corrected chi connectivity index (χ1v) is 10.3. The normalized spacial score (nSPS) is 13.8. The van der Waals surface area contributed by atoms with Gasteiger partial charge >= 0.3 is 0 Å². The Morgan fingerprint density at radius 1 is 1.07 bits per heavy atom. The van der Waals surface area contributed by atoms with Crippen LogP contribution >= 0.6 is 11.8 Å². The second kappa shape index (κ2) is 7.24. The fourth-order valence-electron chi connectivity index (χ4n) is 3.06. The molecule has 0 saturated heterocycles. The zero-order valence-corrected chi connectivity index (χ0v) is 16.3. The molecule has 2 heterocycles. The summed E-state index contributed by atoms with van der Waals surface area (Å²) in [5.41, 5.74) is 3.14. The molecule has 0 N–H and O–H groups in total. The predicted molar refractivity (Wildman–Crippen MR) is 107 cm³/mol. The van der Waals surface area contributed by atoms with E-state index in [0.717, 1.165) is 27.8 Å². The summed E-state index contributed by atoms with van der Waals surface area (Å²) in [6, 6.07) is 18.2. The Kier molecular flexibility index (Phi) is 4.44. The van der Waals surface area contributed by atoms with E-state index in [4.69, 9.17) is 14.5 Å². The van der Waals surface area contributed by atoms with Crippen molar-refractivity contribution in [3.63, 3.8) is 0 Å². The Balaban J connectivity index is 1.34. The van der Waals surface area contributed by atoms with Crippen LogP contribution in [0.5, 0.6) is 0 Å². The highest BCUT2D eigenvalue weighted by molar-refractivity contribution is 7.98. The van der Waals surface area contributed by atoms with Crippen LogP contribution in [0.15, 0.2) is 64.2 Å². The zero-order chi connectivity index (χ0) is 18.9. The number of benzene rings is 2. The third-order valence-corrected chi connectivity index (χ3v) is 5.44. The van der Waals surface area contributed by atoms with Gasteiger partial charge in [-0.3, -0.25) is 0 Å². The van der Waals surface area contributed by atoms with Crippen molar-refractivity contribution in [3.05, 3.63) is 71.9 Å². The average Bonchev–Trinajstić information content (AvgIpc) is 3.30. The van der Waals surface area contributed by atoms with Crippen LogP contribution < -0.4 is 0 Å². The third-order valence-electron chi connectivity index (χ3n) is 4.61. The van der Waals surface area contributed by atoms with E-state index < -0.39 is 0 Å². The molecule has 6 nitrogen and oxygen atoms in total. The molecule has 1 aliphatic rings. The lowest BCUT2D eigenvalue weighted by Gasteiger charge is -2.03. The van der Waals surface area contributed by atoms with E-state index in [-0.39, 0.29) is 0 Å². The minimum atomic E-state index is 0.512. The summed E-state index contributed by atoms with van der Waals surface area (Å²) in [5.74, 6) is 3.21. The van der Waals surface area contributed by atoms with Gasteiger partial charge in [0.25, 0.3) is 0 Å². The zero-order valence-electron chi connectivity index (χ0n) is 15.4. The van der Waals surface area contributed by atoms with Gasteiger partial charge in [-0.25, -0.2) is 9.67 Å². The van der Waals surface area contributed by atoms with Crippen molar-refractivity contribution in [1.82, 2.24) is 25.0 Å². The van der Waals surface area contributed by atoms with Crippen molar-refractivity contribution in [2.45, 2.75) is 36.6 Å². The van der Waals surface area contributed by atoms with Crippen LogP contribution in [-0.2, 0) is 5.75 Å². The number of aromatic nitrogens is 5. The van der Waals surface area contributed by atoms with Crippen LogP contribution in [0.3, 0.4) is 0 Å². The summed E-state index contributed by atoms with van der Waals surface area (Å²) in [6.07, 6.45) is 2.36. The van der Waals surface area contributed by atoms with Crippen LogP contribution in [0.25, 0.3) is 17.1 Å². The quantitative estimate of drug-likeness (QED) is 0.441. The lowest BCUT2D eigenvalue weighted by Crippen LogP contribution is -2.01. The lowest BCUT2D eigenvalue weighted by atomic mass is 10.1. The van der Waals surface area contributed by atoms with Gasteiger partial charge in [-0.1, -0.05) is 47.7 Å². The molecule has 0 spiro atoms. The van der Waals surface area contributed by atoms with Crippen molar-refractivity contribution in [2.75, 3.05) is 0 Å². The van der Waals surface area contributed by atoms with E-state index in [1.807, 2.05) is 54.1 Å². The summed E-state index contributed by atoms with van der Waals surface area (Å²) < 4.78 is 7.79. The maximum absolute atomic E-state index is 5.82. The van der Waals surface area contributed by atoms with Crippen LogP contribution in [0.1, 0.15) is 36.0 Å². The van der Waals surface area contributed by atoms with E-state index in [1.165, 1.54) is 24.6 Å². The van der Waals surface area contributed by atoms with Gasteiger partial charge in [-0.2, -0.15) is 0 Å². The minimum Gasteiger partial charge on any atom is -0.420 e. The summed E-state index contributed by atoms with van der Waals surface area (Å²) >= 11 is 1.52. The number of aryl methyl sites for hydroxylation is 1. The van der Waals surface area contributed by atoms with Gasteiger partial charge in [0, 0.05) is 11.5 Å². The van der Waals surface area contributed by atoms with E-state index in [1.54, 1.807) is 0 Å². The molecule has 7 heteroatoms. The fraction of sp³-hybridized carbons (Fsp3) is 0.238. The maximum atomic E-state index is 5.82. The number of hydrogen-bond donors (Lipinski definition) is 0. The van der Waals surface area contributed by atoms with Crippen LogP contribution in [0.4, 0.5) is 0 Å². The molecule has 0 radical (unpaired) electrons. The fourth-order valence-corrected chi connectivity index (χ4v) is 3.73. The number of nitrogens with zero attached hydrogens (tertiary/aromatic N) is 5. The van der Waals surface area contributed by atoms with Crippen molar-refractivity contribution in [3.8, 4) is 17.1 Å². The molecule has 5 rings (SSSR count). The van der Waals surface area contributed by atoms with Crippen molar-refractivity contribution in [1.29, 1.82) is 0 Å². The average molecular weight is 389 g/mol. The minimum absolute atomic E-state index is 0.512. The third kappa shape index (κ3) is 3.57. The molecule has 0 aliphatic heterocycles. The smallest absolute Gasteiger partial charge is 0.247 e. The number of hydrogen-bond acceptors (Lipinski definition) is 6. The van der Waals surface area contributed by atoms with Crippen LogP contribution in [0, 0.1) is 6.92 Å². The van der Waals surface area contributed by atoms with Crippen LogP contribution in [0.2, 0.25) is 0 Å². The monoisotopic (exact) mass is 389 g/mol. The molecular weight excluding hydrogens is 370 g/mol. The molecule has 28 heavy (non-hydrogen) atoms. The van der Waals surface area contributed by atoms with Gasteiger partial charge in [0.1, 0.15) is 5.82 Å². The van der Waals surface area contributed by atoms with Crippen molar-refractivity contribution >= 4 is 11.8 Å². The molecule has 140 valence electrons. The molecule has 1 saturated carbocycles. The molecule has 0 unspecified atom stereocenters. The SMILES string of the molecule is Cc1cccc(-c2nnc(CSc3nc(C4CC4)n(-c4ccccc4)n3)o2)c1. The number of para-hydroxylation sites is 1. The first kappa shape index (κ1) is 17.2. The lowest BCUT2D eigenvalue weighted by molar-refractivity contribution is 0.528. The molecule has 0 amide bonds. The maximum Gasteiger partial charge on any atom is 0.247 e. The van der Waals surface area contributed by atoms with Gasteiger partial charge in [0.2, 0.25) is 16.9 Å². The Hall–Kier alpha value is -2.93. The first-order chi connectivity index (χ1) is 13.8. The van der Waals surface area contributed by atoms with Crippen LogP contribution in [-0.4, -0.2) is 25.0 Å². The Morgan fingerprint density at radius 2 is 1.93 bits per heavy atom. The topological polar surface area (TPSA) is 69.6 Å². The summed E-state index contributed by atoms with van der Waals surface area (Å²) in [7, 11) is 0. The first-order valence-electron chi connectivity index (χ1n) is 9.31. The van der Waals surface area contributed by atoms with Crippen molar-refractivity contribution < 1.29 is 4.42 Å². The van der Waals surface area contributed by atoms with Gasteiger partial charge in [-0.15, -0.1) is 15.3 Å². The molecule has 4 aromatic rings. The number of thioether (sulfide) groups is 1. The second-order valence-electron chi connectivity index (χ2n) is 6.93. The molecule has 0 atom stereocenters. The largest absolute Gasteiger partial charge is 0.420 e. The van der Waals surface area contributed by atoms with Gasteiger partial charge in [-0.05, 0) is 44.0 Å². The molecule has 2 aromatic carbocycles. The van der Waals surface area contributed by atoms with E-state index in [2.05, 4.69) is 22.3 Å². The van der Waals surface area contributed by atoms with E-state index in [9.17, 15) is 0 Å². The highest BCUT2D eigenvalue weighted by atomic mass is 32.2. The Bertz CT molecular complexity index is 1100. The van der Waals surface area contributed by atoms with Gasteiger partial charge in [0.15, 0.2) is 0 Å². The molecule has 1 aliphatic carbocycles. The Morgan fingerprint density at radius 3 is 2.71 bits per heavy atom. The van der Waals surface area contributed by atoms with Crippen molar-refractivity contribution in [2.24, 2.45) is 0 Å². The Labute approximate surface area is 167 Å². The van der Waals surface area contributed by atoms with E-state index >= 15 is 0 Å². The summed E-state index contributed by atoms with van der Waals surface area (Å²) in [4.78, 5) is 4.77. The summed E-state index contributed by atoms with van der Waals surface area (Å²) in [6.45, 7) is 2.04. The van der Waals surface area contributed by atoms with Gasteiger partial charge in [0.05, 0.1) is 11.4 Å². The molecule has 0 bridgehead atoms. The molecule has 2 aromatic heterocycles. The van der Waals surface area contributed by atoms with E-state index in [0.29, 0.717) is 23.5 Å². The number of rotatable bonds is 6. The highest BCUT2D eigenvalue weighted by Crippen LogP contribution is 2.40. The van der Waals surface area contributed by atoms with Gasteiger partial charge < -0.3 is 4.42 Å². The second-order valence-corrected chi connectivity index (χ2v) is 7.88. The standard InChI is InChI=1S/C21H19N5OS/c1-14-6-5-7-16(12-14)20-24-23-18(27-20)13-28-21-22-19(15-10-11-15)26(25-21)17-8-3-2-4-9-17/h2-9,12,15H,10-11,13H2,1H3. The molecular formula is C21H19N5OS. The highest BCUT2D eigenvalue weighted by Gasteiger charge is 2.30. The molecule has 1 fully saturated rings. The predicted octanol–water partition coefficient (Wildman–Crippen LogP) is 4.80.